The molecule has 0 radical (unpaired) electrons. The highest BCUT2D eigenvalue weighted by Gasteiger charge is 2.22. The van der Waals surface area contributed by atoms with Crippen molar-refractivity contribution in [3.63, 3.8) is 0 Å². The average molecular weight is 731 g/mol. The van der Waals surface area contributed by atoms with Gasteiger partial charge in [-0.25, -0.2) is 15.0 Å². The first-order valence-electron chi connectivity index (χ1n) is 18.8. The predicted octanol–water partition coefficient (Wildman–Crippen LogP) is 13.8. The molecule has 3 heterocycles. The van der Waals surface area contributed by atoms with Crippen molar-refractivity contribution in [3.8, 4) is 39.9 Å². The third-order valence-corrected chi connectivity index (χ3v) is 12.3. The van der Waals surface area contributed by atoms with Gasteiger partial charge in [0.25, 0.3) is 0 Å². The molecule has 0 aliphatic heterocycles. The summed E-state index contributed by atoms with van der Waals surface area (Å²) in [5.41, 5.74) is 6.15. The van der Waals surface area contributed by atoms with E-state index in [1.807, 2.05) is 29.5 Å². The standard InChI is InChI=1S/C51H30N4S/c1-2-13-32(14-3-1)49-52-50(36-24-25-38-35(26-36)23-22-31-12-6-7-17-37(31)38)54-51(53-49)43-29-42-40-19-9-11-21-47(40)56-48(42)30-46(43)55-44-20-10-8-18-39(44)41-27-33-15-4-5-16-34(33)28-45(41)55/h1-30H. The molecular weight excluding hydrogens is 701 g/mol. The molecule has 0 atom stereocenters. The molecule has 56 heavy (non-hydrogen) atoms. The van der Waals surface area contributed by atoms with Crippen molar-refractivity contribution < 1.29 is 0 Å². The van der Waals surface area contributed by atoms with Crippen LogP contribution in [0.15, 0.2) is 182 Å². The largest absolute Gasteiger partial charge is 0.308 e. The second-order valence-electron chi connectivity index (χ2n) is 14.4. The van der Waals surface area contributed by atoms with E-state index in [0.717, 1.165) is 38.8 Å². The van der Waals surface area contributed by atoms with E-state index in [1.54, 1.807) is 0 Å². The summed E-state index contributed by atoms with van der Waals surface area (Å²) in [6.07, 6.45) is 0. The zero-order valence-electron chi connectivity index (χ0n) is 30.0. The number of para-hydroxylation sites is 1. The third kappa shape index (κ3) is 4.81. The summed E-state index contributed by atoms with van der Waals surface area (Å²) in [6.45, 7) is 0. The monoisotopic (exact) mass is 730 g/mol. The van der Waals surface area contributed by atoms with E-state index in [0.29, 0.717) is 17.5 Å². The normalized spacial score (nSPS) is 11.9. The van der Waals surface area contributed by atoms with Gasteiger partial charge in [-0.05, 0) is 74.8 Å². The molecule has 3 aromatic heterocycles. The van der Waals surface area contributed by atoms with E-state index in [9.17, 15) is 0 Å². The molecular formula is C51H30N4S. The fraction of sp³-hybridized carbons (Fsp3) is 0. The smallest absolute Gasteiger partial charge is 0.166 e. The minimum Gasteiger partial charge on any atom is -0.308 e. The summed E-state index contributed by atoms with van der Waals surface area (Å²) >= 11 is 1.83. The lowest BCUT2D eigenvalue weighted by molar-refractivity contribution is 1.07. The van der Waals surface area contributed by atoms with Gasteiger partial charge in [0.15, 0.2) is 17.5 Å². The van der Waals surface area contributed by atoms with Crippen LogP contribution in [0.3, 0.4) is 0 Å². The Hall–Kier alpha value is -7.21. The second-order valence-corrected chi connectivity index (χ2v) is 15.5. The molecule has 0 aliphatic rings. The zero-order valence-corrected chi connectivity index (χ0v) is 30.8. The van der Waals surface area contributed by atoms with Crippen molar-refractivity contribution in [1.29, 1.82) is 0 Å². The number of benzene rings is 9. The Kier molecular flexibility index (Phi) is 6.76. The van der Waals surface area contributed by atoms with Crippen molar-refractivity contribution in [1.82, 2.24) is 19.5 Å². The highest BCUT2D eigenvalue weighted by molar-refractivity contribution is 7.25. The van der Waals surface area contributed by atoms with Crippen molar-refractivity contribution in [2.24, 2.45) is 0 Å². The Morgan fingerprint density at radius 3 is 1.84 bits per heavy atom. The molecule has 0 bridgehead atoms. The number of hydrogen-bond acceptors (Lipinski definition) is 4. The molecule has 0 spiro atoms. The lowest BCUT2D eigenvalue weighted by Crippen LogP contribution is -2.04. The topological polar surface area (TPSA) is 43.6 Å². The van der Waals surface area contributed by atoms with Crippen LogP contribution in [0.2, 0.25) is 0 Å². The molecule has 5 heteroatoms. The molecule has 0 unspecified atom stereocenters. The van der Waals surface area contributed by atoms with E-state index >= 15 is 0 Å². The Morgan fingerprint density at radius 2 is 0.982 bits per heavy atom. The highest BCUT2D eigenvalue weighted by Crippen LogP contribution is 2.43. The number of nitrogens with zero attached hydrogens (tertiary/aromatic N) is 4. The van der Waals surface area contributed by atoms with Crippen LogP contribution >= 0.6 is 11.3 Å². The van der Waals surface area contributed by atoms with Gasteiger partial charge < -0.3 is 4.57 Å². The molecule has 260 valence electrons. The molecule has 0 saturated heterocycles. The quantitative estimate of drug-likeness (QED) is 0.169. The average Bonchev–Trinajstić information content (AvgIpc) is 3.79. The maximum Gasteiger partial charge on any atom is 0.166 e. The Morgan fingerprint density at radius 1 is 0.339 bits per heavy atom. The van der Waals surface area contributed by atoms with E-state index < -0.39 is 0 Å². The summed E-state index contributed by atoms with van der Waals surface area (Å²) in [6, 6.07) is 65.1. The lowest BCUT2D eigenvalue weighted by atomic mass is 10.00. The van der Waals surface area contributed by atoms with Crippen LogP contribution in [-0.4, -0.2) is 19.5 Å². The van der Waals surface area contributed by atoms with Crippen LogP contribution in [0.25, 0.3) is 114 Å². The number of thiophene rings is 1. The van der Waals surface area contributed by atoms with E-state index in [1.165, 1.54) is 57.9 Å². The molecule has 0 saturated carbocycles. The fourth-order valence-corrected chi connectivity index (χ4v) is 9.65. The minimum atomic E-state index is 0.631. The predicted molar refractivity (Wildman–Crippen MR) is 236 cm³/mol. The maximum absolute atomic E-state index is 5.39. The molecule has 12 rings (SSSR count). The second kappa shape index (κ2) is 12.2. The van der Waals surface area contributed by atoms with Crippen LogP contribution in [0.4, 0.5) is 0 Å². The van der Waals surface area contributed by atoms with Crippen molar-refractivity contribution in [3.05, 3.63) is 182 Å². The van der Waals surface area contributed by atoms with Gasteiger partial charge in [0.2, 0.25) is 0 Å². The molecule has 0 amide bonds. The van der Waals surface area contributed by atoms with Crippen molar-refractivity contribution >= 4 is 85.6 Å². The van der Waals surface area contributed by atoms with E-state index in [4.69, 9.17) is 15.0 Å². The molecule has 0 aliphatic carbocycles. The Labute approximate surface area is 325 Å². The molecule has 9 aromatic carbocycles. The lowest BCUT2D eigenvalue weighted by Gasteiger charge is -2.16. The van der Waals surface area contributed by atoms with Gasteiger partial charge >= 0.3 is 0 Å². The van der Waals surface area contributed by atoms with Crippen LogP contribution in [0.1, 0.15) is 0 Å². The van der Waals surface area contributed by atoms with E-state index in [-0.39, 0.29) is 0 Å². The summed E-state index contributed by atoms with van der Waals surface area (Å²) < 4.78 is 4.89. The van der Waals surface area contributed by atoms with Crippen LogP contribution in [-0.2, 0) is 0 Å². The molecule has 12 aromatic rings. The van der Waals surface area contributed by atoms with Gasteiger partial charge in [-0.3, -0.25) is 0 Å². The SMILES string of the molecule is c1ccc(-c2nc(-c3ccc4c(ccc5ccccc54)c3)nc(-c3cc4c(cc3-n3c5ccccc5c5cc6ccccc6cc53)sc3ccccc34)n2)cc1. The molecule has 0 fully saturated rings. The first kappa shape index (κ1) is 31.2. The summed E-state index contributed by atoms with van der Waals surface area (Å²) in [7, 11) is 0. The van der Waals surface area contributed by atoms with Gasteiger partial charge in [0, 0.05) is 47.6 Å². The van der Waals surface area contributed by atoms with Crippen LogP contribution < -0.4 is 0 Å². The number of rotatable bonds is 4. The molecule has 0 N–H and O–H groups in total. The Bertz CT molecular complexity index is 3540. The van der Waals surface area contributed by atoms with Gasteiger partial charge in [0.05, 0.1) is 16.7 Å². The van der Waals surface area contributed by atoms with Gasteiger partial charge in [0.1, 0.15) is 0 Å². The maximum atomic E-state index is 5.39. The number of fused-ring (bicyclic) bond motifs is 10. The fourth-order valence-electron chi connectivity index (χ4n) is 8.53. The van der Waals surface area contributed by atoms with Crippen molar-refractivity contribution in [2.45, 2.75) is 0 Å². The number of aromatic nitrogens is 4. The zero-order chi connectivity index (χ0) is 36.7. The van der Waals surface area contributed by atoms with E-state index in [2.05, 4.69) is 168 Å². The highest BCUT2D eigenvalue weighted by atomic mass is 32.1. The van der Waals surface area contributed by atoms with Gasteiger partial charge in [-0.2, -0.15) is 0 Å². The molecule has 4 nitrogen and oxygen atoms in total. The Balaban J connectivity index is 1.18. The summed E-state index contributed by atoms with van der Waals surface area (Å²) in [5.74, 6) is 1.91. The summed E-state index contributed by atoms with van der Waals surface area (Å²) in [4.78, 5) is 15.9. The van der Waals surface area contributed by atoms with Crippen LogP contribution in [0.5, 0.6) is 0 Å². The van der Waals surface area contributed by atoms with Gasteiger partial charge in [-0.15, -0.1) is 11.3 Å². The van der Waals surface area contributed by atoms with Crippen molar-refractivity contribution in [2.75, 3.05) is 0 Å². The first-order chi connectivity index (χ1) is 27.7. The summed E-state index contributed by atoms with van der Waals surface area (Å²) in [5, 5.41) is 12.1. The van der Waals surface area contributed by atoms with Crippen LogP contribution in [0, 0.1) is 0 Å². The van der Waals surface area contributed by atoms with Gasteiger partial charge in [-0.1, -0.05) is 140 Å². The third-order valence-electron chi connectivity index (χ3n) is 11.2. The number of hydrogen-bond donors (Lipinski definition) is 0. The first-order valence-corrected chi connectivity index (χ1v) is 19.7. The minimum absolute atomic E-state index is 0.631.